The van der Waals surface area contributed by atoms with Gasteiger partial charge >= 0.3 is 0 Å². The molecule has 4 rings (SSSR count). The standard InChI is InChI=1S/C17H22N4O2S/c1-12-9-20(16(22)8-13-4-7-24-11-13)10-15-18-19-17(21(12)15)14-2-5-23-6-3-14/h4,7,11-12,14H,2-3,5-6,8-10H2,1H3/t12-/m0/s1. The van der Waals surface area contributed by atoms with Crippen LogP contribution in [0.1, 0.15) is 48.9 Å². The lowest BCUT2D eigenvalue weighted by atomic mass is 9.99. The van der Waals surface area contributed by atoms with Crippen molar-refractivity contribution in [2.24, 2.45) is 0 Å². The van der Waals surface area contributed by atoms with E-state index in [0.717, 1.165) is 49.8 Å². The monoisotopic (exact) mass is 346 g/mol. The number of aromatic nitrogens is 3. The Kier molecular flexibility index (Phi) is 4.37. The Morgan fingerprint density at radius 2 is 2.21 bits per heavy atom. The molecule has 128 valence electrons. The molecule has 0 unspecified atom stereocenters. The van der Waals surface area contributed by atoms with Gasteiger partial charge in [0.25, 0.3) is 0 Å². The van der Waals surface area contributed by atoms with Crippen molar-refractivity contribution in [3.05, 3.63) is 34.0 Å². The zero-order valence-electron chi connectivity index (χ0n) is 13.9. The van der Waals surface area contributed by atoms with Crippen LogP contribution in [-0.4, -0.2) is 45.3 Å². The fourth-order valence-electron chi connectivity index (χ4n) is 3.67. The molecule has 0 aromatic carbocycles. The van der Waals surface area contributed by atoms with E-state index in [1.165, 1.54) is 0 Å². The van der Waals surface area contributed by atoms with E-state index in [1.54, 1.807) is 11.3 Å². The van der Waals surface area contributed by atoms with Gasteiger partial charge in [-0.3, -0.25) is 4.79 Å². The van der Waals surface area contributed by atoms with E-state index in [2.05, 4.69) is 21.7 Å². The highest BCUT2D eigenvalue weighted by Crippen LogP contribution is 2.31. The molecule has 2 aliphatic rings. The summed E-state index contributed by atoms with van der Waals surface area (Å²) in [6.07, 6.45) is 2.48. The van der Waals surface area contributed by atoms with Crippen molar-refractivity contribution in [2.45, 2.75) is 44.7 Å². The van der Waals surface area contributed by atoms with Crippen LogP contribution < -0.4 is 0 Å². The van der Waals surface area contributed by atoms with Gasteiger partial charge in [-0.05, 0) is 42.2 Å². The summed E-state index contributed by atoms with van der Waals surface area (Å²) in [7, 11) is 0. The summed E-state index contributed by atoms with van der Waals surface area (Å²) >= 11 is 1.63. The van der Waals surface area contributed by atoms with Crippen molar-refractivity contribution < 1.29 is 9.53 Å². The minimum Gasteiger partial charge on any atom is -0.381 e. The van der Waals surface area contributed by atoms with Gasteiger partial charge in [-0.2, -0.15) is 11.3 Å². The van der Waals surface area contributed by atoms with Gasteiger partial charge in [0.2, 0.25) is 5.91 Å². The molecule has 1 fully saturated rings. The fourth-order valence-corrected chi connectivity index (χ4v) is 4.33. The Hall–Kier alpha value is -1.73. The van der Waals surface area contributed by atoms with Crippen molar-refractivity contribution in [2.75, 3.05) is 19.8 Å². The van der Waals surface area contributed by atoms with Crippen molar-refractivity contribution in [3.8, 4) is 0 Å². The highest BCUT2D eigenvalue weighted by Gasteiger charge is 2.32. The Labute approximate surface area is 145 Å². The first-order valence-electron chi connectivity index (χ1n) is 8.52. The molecule has 2 aliphatic heterocycles. The summed E-state index contributed by atoms with van der Waals surface area (Å²) in [6.45, 7) is 5.03. The summed E-state index contributed by atoms with van der Waals surface area (Å²) in [5.41, 5.74) is 1.09. The summed E-state index contributed by atoms with van der Waals surface area (Å²) in [4.78, 5) is 14.5. The number of fused-ring (bicyclic) bond motifs is 1. The lowest BCUT2D eigenvalue weighted by Crippen LogP contribution is -2.41. The molecule has 2 aromatic heterocycles. The first kappa shape index (κ1) is 15.8. The minimum absolute atomic E-state index is 0.169. The van der Waals surface area contributed by atoms with E-state index in [4.69, 9.17) is 4.74 Å². The molecule has 0 aliphatic carbocycles. The van der Waals surface area contributed by atoms with Crippen molar-refractivity contribution in [3.63, 3.8) is 0 Å². The van der Waals surface area contributed by atoms with Crippen molar-refractivity contribution >= 4 is 17.2 Å². The molecule has 0 bridgehead atoms. The Morgan fingerprint density at radius 3 is 2.96 bits per heavy atom. The molecule has 1 saturated heterocycles. The number of carbonyl (C=O) groups excluding carboxylic acids is 1. The van der Waals surface area contributed by atoms with E-state index < -0.39 is 0 Å². The first-order chi connectivity index (χ1) is 11.7. The number of amides is 1. The maximum Gasteiger partial charge on any atom is 0.227 e. The van der Waals surface area contributed by atoms with Gasteiger partial charge in [0.1, 0.15) is 5.82 Å². The van der Waals surface area contributed by atoms with Crippen LogP contribution in [0, 0.1) is 0 Å². The van der Waals surface area contributed by atoms with Crippen molar-refractivity contribution in [1.29, 1.82) is 0 Å². The van der Waals surface area contributed by atoms with Crippen LogP contribution >= 0.6 is 11.3 Å². The van der Waals surface area contributed by atoms with Crippen LogP contribution in [0.4, 0.5) is 0 Å². The van der Waals surface area contributed by atoms with Crippen LogP contribution in [0.3, 0.4) is 0 Å². The summed E-state index contributed by atoms with van der Waals surface area (Å²) in [6, 6.07) is 2.23. The third kappa shape index (κ3) is 2.98. The van der Waals surface area contributed by atoms with Crippen LogP contribution in [0.25, 0.3) is 0 Å². The smallest absolute Gasteiger partial charge is 0.227 e. The van der Waals surface area contributed by atoms with Crippen LogP contribution in [0.2, 0.25) is 0 Å². The lowest BCUT2D eigenvalue weighted by Gasteiger charge is -2.34. The molecular formula is C17H22N4O2S. The molecule has 6 nitrogen and oxygen atoms in total. The highest BCUT2D eigenvalue weighted by atomic mass is 32.1. The number of carbonyl (C=O) groups is 1. The van der Waals surface area contributed by atoms with Gasteiger partial charge in [-0.15, -0.1) is 10.2 Å². The zero-order chi connectivity index (χ0) is 16.5. The number of hydrogen-bond acceptors (Lipinski definition) is 5. The quantitative estimate of drug-likeness (QED) is 0.856. The summed E-state index contributed by atoms with van der Waals surface area (Å²) < 4.78 is 7.71. The second-order valence-corrected chi connectivity index (χ2v) is 7.44. The third-order valence-electron chi connectivity index (χ3n) is 4.93. The average Bonchev–Trinajstić information content (AvgIpc) is 3.25. The van der Waals surface area contributed by atoms with E-state index in [1.807, 2.05) is 21.7 Å². The fraction of sp³-hybridized carbons (Fsp3) is 0.588. The molecule has 24 heavy (non-hydrogen) atoms. The average molecular weight is 346 g/mol. The summed E-state index contributed by atoms with van der Waals surface area (Å²) in [5, 5.41) is 12.9. The predicted octanol–water partition coefficient (Wildman–Crippen LogP) is 2.38. The maximum atomic E-state index is 12.6. The molecule has 0 radical (unpaired) electrons. The summed E-state index contributed by atoms with van der Waals surface area (Å²) in [5.74, 6) is 2.58. The van der Waals surface area contributed by atoms with E-state index >= 15 is 0 Å². The molecule has 2 aromatic rings. The second kappa shape index (κ2) is 6.64. The van der Waals surface area contributed by atoms with Crippen molar-refractivity contribution in [1.82, 2.24) is 19.7 Å². The molecule has 4 heterocycles. The van der Waals surface area contributed by atoms with Crippen LogP contribution in [0.5, 0.6) is 0 Å². The normalized spacial score (nSPS) is 21.7. The Balaban J connectivity index is 1.51. The van der Waals surface area contributed by atoms with Gasteiger partial charge in [0, 0.05) is 25.7 Å². The maximum absolute atomic E-state index is 12.6. The van der Waals surface area contributed by atoms with Gasteiger partial charge in [-0.25, -0.2) is 0 Å². The van der Waals surface area contributed by atoms with E-state index in [9.17, 15) is 4.79 Å². The molecular weight excluding hydrogens is 324 g/mol. The largest absolute Gasteiger partial charge is 0.381 e. The zero-order valence-corrected chi connectivity index (χ0v) is 14.7. The topological polar surface area (TPSA) is 60.3 Å². The Morgan fingerprint density at radius 1 is 1.38 bits per heavy atom. The number of thiophene rings is 1. The highest BCUT2D eigenvalue weighted by molar-refractivity contribution is 7.07. The predicted molar refractivity (Wildman–Crippen MR) is 91.0 cm³/mol. The van der Waals surface area contributed by atoms with E-state index in [-0.39, 0.29) is 11.9 Å². The van der Waals surface area contributed by atoms with E-state index in [0.29, 0.717) is 18.9 Å². The molecule has 0 saturated carbocycles. The van der Waals surface area contributed by atoms with Gasteiger partial charge in [0.05, 0.1) is 19.0 Å². The molecule has 1 amide bonds. The molecule has 0 N–H and O–H groups in total. The van der Waals surface area contributed by atoms with Gasteiger partial charge in [-0.1, -0.05) is 0 Å². The second-order valence-electron chi connectivity index (χ2n) is 6.66. The number of rotatable bonds is 3. The number of hydrogen-bond donors (Lipinski definition) is 0. The molecule has 0 spiro atoms. The van der Waals surface area contributed by atoms with Gasteiger partial charge in [0.15, 0.2) is 5.82 Å². The number of nitrogens with zero attached hydrogens (tertiary/aromatic N) is 4. The first-order valence-corrected chi connectivity index (χ1v) is 9.47. The minimum atomic E-state index is 0.169. The SMILES string of the molecule is C[C@H]1CN(C(=O)Cc2ccsc2)Cc2nnc(C3CCOCC3)n21. The molecule has 7 heteroatoms. The third-order valence-corrected chi connectivity index (χ3v) is 5.66. The lowest BCUT2D eigenvalue weighted by molar-refractivity contribution is -0.132. The molecule has 1 atom stereocenters. The number of ether oxygens (including phenoxy) is 1. The Bertz CT molecular complexity index is 706. The van der Waals surface area contributed by atoms with Crippen LogP contribution in [-0.2, 0) is 22.5 Å². The van der Waals surface area contributed by atoms with Crippen LogP contribution in [0.15, 0.2) is 16.8 Å². The van der Waals surface area contributed by atoms with Gasteiger partial charge < -0.3 is 14.2 Å².